The first-order chi connectivity index (χ1) is 9.42. The summed E-state index contributed by atoms with van der Waals surface area (Å²) in [6, 6.07) is 4.72. The van der Waals surface area contributed by atoms with E-state index >= 15 is 0 Å². The number of carbonyl (C=O) groups excluding carboxylic acids is 2. The Morgan fingerprint density at radius 3 is 2.40 bits per heavy atom. The average molecular weight is 279 g/mol. The van der Waals surface area contributed by atoms with Crippen molar-refractivity contribution in [2.24, 2.45) is 5.73 Å². The van der Waals surface area contributed by atoms with Gasteiger partial charge in [-0.05, 0) is 32.9 Å². The fraction of sp³-hybridized carbons (Fsp3) is 0.429. The van der Waals surface area contributed by atoms with Crippen molar-refractivity contribution < 1.29 is 14.3 Å². The van der Waals surface area contributed by atoms with Crippen LogP contribution in [0.2, 0.25) is 0 Å². The lowest BCUT2D eigenvalue weighted by atomic mass is 10.1. The van der Waals surface area contributed by atoms with E-state index in [4.69, 9.17) is 16.2 Å². The fourth-order valence-electron chi connectivity index (χ4n) is 1.90. The number of nitrogen functional groups attached to an aromatic ring is 1. The maximum absolute atomic E-state index is 12.1. The molecule has 1 aromatic rings. The SMILES string of the molecule is CCN(CC)C(=O)C(C)Oc1c(N)cccc1C(N)=O. The van der Waals surface area contributed by atoms with E-state index in [-0.39, 0.29) is 22.9 Å². The van der Waals surface area contributed by atoms with Crippen molar-refractivity contribution in [1.82, 2.24) is 4.90 Å². The Morgan fingerprint density at radius 2 is 1.90 bits per heavy atom. The van der Waals surface area contributed by atoms with Crippen LogP contribution in [0.15, 0.2) is 18.2 Å². The van der Waals surface area contributed by atoms with Crippen molar-refractivity contribution in [3.63, 3.8) is 0 Å². The summed E-state index contributed by atoms with van der Waals surface area (Å²) in [5.74, 6) is -0.642. The van der Waals surface area contributed by atoms with Gasteiger partial charge in [0.2, 0.25) is 0 Å². The molecule has 0 saturated carbocycles. The molecular weight excluding hydrogens is 258 g/mol. The van der Waals surface area contributed by atoms with Gasteiger partial charge in [-0.15, -0.1) is 0 Å². The minimum absolute atomic E-state index is 0.159. The monoisotopic (exact) mass is 279 g/mol. The molecule has 6 heteroatoms. The van der Waals surface area contributed by atoms with E-state index in [0.717, 1.165) is 0 Å². The molecule has 0 fully saturated rings. The molecule has 0 bridgehead atoms. The quantitative estimate of drug-likeness (QED) is 0.759. The van der Waals surface area contributed by atoms with Gasteiger partial charge in [0.1, 0.15) is 0 Å². The lowest BCUT2D eigenvalue weighted by Gasteiger charge is -2.24. The number of nitrogens with zero attached hydrogens (tertiary/aromatic N) is 1. The number of anilines is 1. The summed E-state index contributed by atoms with van der Waals surface area (Å²) < 4.78 is 5.57. The zero-order valence-electron chi connectivity index (χ0n) is 12.1. The van der Waals surface area contributed by atoms with Gasteiger partial charge in [0.05, 0.1) is 11.3 Å². The molecule has 1 aromatic carbocycles. The van der Waals surface area contributed by atoms with Crippen molar-refractivity contribution in [2.45, 2.75) is 26.9 Å². The molecule has 110 valence electrons. The van der Waals surface area contributed by atoms with Crippen LogP contribution in [-0.4, -0.2) is 35.9 Å². The van der Waals surface area contributed by atoms with Crippen LogP contribution >= 0.6 is 0 Å². The van der Waals surface area contributed by atoms with Crippen LogP contribution in [0.1, 0.15) is 31.1 Å². The van der Waals surface area contributed by atoms with Crippen LogP contribution in [0.3, 0.4) is 0 Å². The summed E-state index contributed by atoms with van der Waals surface area (Å²) in [6.45, 7) is 6.59. The molecule has 4 N–H and O–H groups in total. The first-order valence-electron chi connectivity index (χ1n) is 6.56. The Hall–Kier alpha value is -2.24. The molecule has 1 rings (SSSR count). The fourth-order valence-corrected chi connectivity index (χ4v) is 1.90. The van der Waals surface area contributed by atoms with Crippen molar-refractivity contribution in [1.29, 1.82) is 0 Å². The van der Waals surface area contributed by atoms with E-state index in [1.807, 2.05) is 13.8 Å². The third-order valence-corrected chi connectivity index (χ3v) is 3.03. The number of likely N-dealkylation sites (N-methyl/N-ethyl adjacent to an activating group) is 1. The van der Waals surface area contributed by atoms with Crippen LogP contribution in [0, 0.1) is 0 Å². The van der Waals surface area contributed by atoms with Gasteiger partial charge in [-0.2, -0.15) is 0 Å². The highest BCUT2D eigenvalue weighted by atomic mass is 16.5. The van der Waals surface area contributed by atoms with Crippen molar-refractivity contribution in [3.05, 3.63) is 23.8 Å². The Balaban J connectivity index is 2.98. The third kappa shape index (κ3) is 3.40. The van der Waals surface area contributed by atoms with Gasteiger partial charge in [-0.1, -0.05) is 6.07 Å². The predicted octanol–water partition coefficient (Wildman–Crippen LogP) is 1.00. The smallest absolute Gasteiger partial charge is 0.263 e. The second-order valence-electron chi connectivity index (χ2n) is 4.36. The van der Waals surface area contributed by atoms with Gasteiger partial charge in [0.15, 0.2) is 11.9 Å². The van der Waals surface area contributed by atoms with Crippen LogP contribution in [-0.2, 0) is 4.79 Å². The summed E-state index contributed by atoms with van der Waals surface area (Å²) in [7, 11) is 0. The topological polar surface area (TPSA) is 98.7 Å². The highest BCUT2D eigenvalue weighted by Crippen LogP contribution is 2.27. The van der Waals surface area contributed by atoms with Crippen molar-refractivity contribution in [2.75, 3.05) is 18.8 Å². The number of primary amides is 1. The van der Waals surface area contributed by atoms with Crippen LogP contribution in [0.4, 0.5) is 5.69 Å². The van der Waals surface area contributed by atoms with Crippen molar-refractivity contribution >= 4 is 17.5 Å². The number of hydrogen-bond acceptors (Lipinski definition) is 4. The minimum Gasteiger partial charge on any atom is -0.478 e. The molecule has 2 amide bonds. The Labute approximate surface area is 118 Å². The number of hydrogen-bond donors (Lipinski definition) is 2. The number of rotatable bonds is 6. The molecule has 20 heavy (non-hydrogen) atoms. The molecule has 6 nitrogen and oxygen atoms in total. The molecule has 1 atom stereocenters. The van der Waals surface area contributed by atoms with E-state index in [2.05, 4.69) is 0 Å². The first kappa shape index (κ1) is 15.8. The highest BCUT2D eigenvalue weighted by Gasteiger charge is 2.22. The zero-order valence-corrected chi connectivity index (χ0v) is 12.1. The normalized spacial score (nSPS) is 11.8. The third-order valence-electron chi connectivity index (χ3n) is 3.03. The van der Waals surface area contributed by atoms with Crippen LogP contribution < -0.4 is 16.2 Å². The van der Waals surface area contributed by atoms with Gasteiger partial charge in [0.25, 0.3) is 11.8 Å². The van der Waals surface area contributed by atoms with Crippen LogP contribution in [0.5, 0.6) is 5.75 Å². The molecule has 0 heterocycles. The lowest BCUT2D eigenvalue weighted by molar-refractivity contribution is -0.137. The molecule has 0 saturated heterocycles. The second-order valence-corrected chi connectivity index (χ2v) is 4.36. The largest absolute Gasteiger partial charge is 0.478 e. The molecule has 1 unspecified atom stereocenters. The maximum atomic E-state index is 12.1. The number of para-hydroxylation sites is 1. The summed E-state index contributed by atoms with van der Waals surface area (Å²) in [4.78, 5) is 25.2. The molecule has 0 aliphatic rings. The molecule has 0 radical (unpaired) electrons. The highest BCUT2D eigenvalue weighted by molar-refractivity contribution is 5.97. The van der Waals surface area contributed by atoms with Gasteiger partial charge in [0, 0.05) is 13.1 Å². The first-order valence-corrected chi connectivity index (χ1v) is 6.56. The number of carbonyl (C=O) groups is 2. The minimum atomic E-state index is -0.738. The molecule has 0 aromatic heterocycles. The standard InChI is InChI=1S/C14H21N3O3/c1-4-17(5-2)14(19)9(3)20-12-10(13(16)18)7-6-8-11(12)15/h6-9H,4-5,15H2,1-3H3,(H2,16,18). The lowest BCUT2D eigenvalue weighted by Crippen LogP contribution is -2.40. The predicted molar refractivity (Wildman–Crippen MR) is 77.4 cm³/mol. The Kier molecular flexibility index (Phi) is 5.37. The van der Waals surface area contributed by atoms with Crippen molar-refractivity contribution in [3.8, 4) is 5.75 Å². The maximum Gasteiger partial charge on any atom is 0.263 e. The summed E-state index contributed by atoms with van der Waals surface area (Å²) in [5, 5.41) is 0. The average Bonchev–Trinajstić information content (AvgIpc) is 2.41. The number of nitrogens with two attached hydrogens (primary N) is 2. The summed E-state index contributed by atoms with van der Waals surface area (Å²) in [6.07, 6.45) is -0.738. The zero-order chi connectivity index (χ0) is 15.3. The number of ether oxygens (including phenoxy) is 1. The number of benzene rings is 1. The molecule has 0 spiro atoms. The van der Waals surface area contributed by atoms with Gasteiger partial charge >= 0.3 is 0 Å². The van der Waals surface area contributed by atoms with Gasteiger partial charge in [-0.25, -0.2) is 0 Å². The molecule has 0 aliphatic carbocycles. The van der Waals surface area contributed by atoms with Crippen LogP contribution in [0.25, 0.3) is 0 Å². The summed E-state index contributed by atoms with van der Waals surface area (Å²) in [5.41, 5.74) is 11.5. The van der Waals surface area contributed by atoms with E-state index < -0.39 is 12.0 Å². The van der Waals surface area contributed by atoms with E-state index in [9.17, 15) is 9.59 Å². The molecular formula is C14H21N3O3. The van der Waals surface area contributed by atoms with Gasteiger partial charge in [-0.3, -0.25) is 9.59 Å². The van der Waals surface area contributed by atoms with E-state index in [1.165, 1.54) is 6.07 Å². The van der Waals surface area contributed by atoms with Gasteiger partial charge < -0.3 is 21.1 Å². The number of amides is 2. The van der Waals surface area contributed by atoms with E-state index in [1.54, 1.807) is 24.0 Å². The second kappa shape index (κ2) is 6.79. The van der Waals surface area contributed by atoms with E-state index in [0.29, 0.717) is 13.1 Å². The Bertz CT molecular complexity index is 498. The molecule has 0 aliphatic heterocycles. The summed E-state index contributed by atoms with van der Waals surface area (Å²) >= 11 is 0. The Morgan fingerprint density at radius 1 is 1.30 bits per heavy atom.